The van der Waals surface area contributed by atoms with Gasteiger partial charge in [-0.15, -0.1) is 0 Å². The zero-order valence-corrected chi connectivity index (χ0v) is 12.4. The zero-order valence-electron chi connectivity index (χ0n) is 11.6. The Labute approximate surface area is 119 Å². The summed E-state index contributed by atoms with van der Waals surface area (Å²) in [6, 6.07) is 5.03. The number of non-ortho nitro benzene ring substituents is 1. The quantitative estimate of drug-likeness (QED) is 0.605. The average molecular weight is 285 g/mol. The van der Waals surface area contributed by atoms with Gasteiger partial charge in [0, 0.05) is 24.1 Å². The van der Waals surface area contributed by atoms with Crippen molar-refractivity contribution in [3.8, 4) is 0 Å². The summed E-state index contributed by atoms with van der Waals surface area (Å²) in [5, 5.41) is 14.6. The minimum absolute atomic E-state index is 0.0396. The molecule has 0 fully saturated rings. The van der Waals surface area contributed by atoms with E-state index >= 15 is 0 Å². The van der Waals surface area contributed by atoms with Gasteiger partial charge < -0.3 is 5.32 Å². The van der Waals surface area contributed by atoms with Crippen molar-refractivity contribution in [2.75, 3.05) is 6.54 Å². The standard InChI is InChI=1S/C14H21ClN2O2/c1-4-8-16-10(3)12(5-2)13-7-6-11(17(18)19)9-14(13)15/h6-7,9-10,12,16H,4-5,8H2,1-3H3. The molecule has 0 saturated heterocycles. The van der Waals surface area contributed by atoms with Crippen molar-refractivity contribution in [3.63, 3.8) is 0 Å². The highest BCUT2D eigenvalue weighted by Crippen LogP contribution is 2.32. The van der Waals surface area contributed by atoms with Crippen LogP contribution in [0.4, 0.5) is 5.69 Å². The van der Waals surface area contributed by atoms with Gasteiger partial charge in [-0.25, -0.2) is 0 Å². The van der Waals surface area contributed by atoms with Crippen LogP contribution < -0.4 is 5.32 Å². The molecule has 0 aliphatic carbocycles. The number of halogens is 1. The third kappa shape index (κ3) is 4.18. The van der Waals surface area contributed by atoms with Crippen molar-refractivity contribution < 1.29 is 4.92 Å². The van der Waals surface area contributed by atoms with Crippen molar-refractivity contribution >= 4 is 17.3 Å². The second-order valence-electron chi connectivity index (χ2n) is 4.72. The maximum absolute atomic E-state index is 10.7. The molecule has 0 aromatic heterocycles. The second-order valence-corrected chi connectivity index (χ2v) is 5.13. The predicted octanol–water partition coefficient (Wildman–Crippen LogP) is 4.13. The zero-order chi connectivity index (χ0) is 14.4. The van der Waals surface area contributed by atoms with Crippen molar-refractivity contribution in [2.45, 2.75) is 45.6 Å². The summed E-state index contributed by atoms with van der Waals surface area (Å²) in [6.45, 7) is 7.32. The van der Waals surface area contributed by atoms with E-state index in [2.05, 4.69) is 26.1 Å². The van der Waals surface area contributed by atoms with Crippen molar-refractivity contribution in [1.82, 2.24) is 5.32 Å². The largest absolute Gasteiger partial charge is 0.314 e. The van der Waals surface area contributed by atoms with Crippen LogP contribution in [0, 0.1) is 10.1 Å². The fraction of sp³-hybridized carbons (Fsp3) is 0.571. The molecule has 0 aliphatic rings. The fourth-order valence-corrected chi connectivity index (χ4v) is 2.60. The van der Waals surface area contributed by atoms with Crippen LogP contribution in [0.25, 0.3) is 0 Å². The third-order valence-electron chi connectivity index (χ3n) is 3.35. The number of nitro groups is 1. The normalized spacial score (nSPS) is 14.1. The minimum atomic E-state index is -0.421. The SMILES string of the molecule is CCCNC(C)C(CC)c1ccc([N+](=O)[O-])cc1Cl. The highest BCUT2D eigenvalue weighted by atomic mass is 35.5. The molecule has 0 radical (unpaired) electrons. The van der Waals surface area contributed by atoms with Crippen LogP contribution in [-0.4, -0.2) is 17.5 Å². The Morgan fingerprint density at radius 1 is 1.42 bits per heavy atom. The van der Waals surface area contributed by atoms with Gasteiger partial charge in [-0.05, 0) is 31.9 Å². The molecule has 0 heterocycles. The van der Waals surface area contributed by atoms with E-state index in [0.29, 0.717) is 11.1 Å². The number of rotatable bonds is 7. The van der Waals surface area contributed by atoms with E-state index < -0.39 is 4.92 Å². The maximum atomic E-state index is 10.7. The summed E-state index contributed by atoms with van der Waals surface area (Å²) in [5.41, 5.74) is 1.02. The van der Waals surface area contributed by atoms with Crippen LogP contribution in [0.5, 0.6) is 0 Å². The molecule has 1 rings (SSSR count). The highest BCUT2D eigenvalue weighted by Gasteiger charge is 2.21. The predicted molar refractivity (Wildman–Crippen MR) is 78.9 cm³/mol. The summed E-state index contributed by atoms with van der Waals surface area (Å²) in [5.74, 6) is 0.264. The first-order chi connectivity index (χ1) is 9.01. The molecule has 0 amide bonds. The highest BCUT2D eigenvalue weighted by molar-refractivity contribution is 6.31. The Balaban J connectivity index is 2.95. The van der Waals surface area contributed by atoms with Gasteiger partial charge in [0.05, 0.1) is 9.95 Å². The monoisotopic (exact) mass is 284 g/mol. The molecule has 19 heavy (non-hydrogen) atoms. The van der Waals surface area contributed by atoms with Crippen LogP contribution in [0.1, 0.15) is 45.1 Å². The van der Waals surface area contributed by atoms with Crippen LogP contribution in [0.15, 0.2) is 18.2 Å². The number of benzene rings is 1. The Bertz CT molecular complexity index is 437. The lowest BCUT2D eigenvalue weighted by atomic mass is 9.89. The van der Waals surface area contributed by atoms with Gasteiger partial charge in [-0.3, -0.25) is 10.1 Å². The van der Waals surface area contributed by atoms with E-state index in [0.717, 1.165) is 24.9 Å². The van der Waals surface area contributed by atoms with Crippen molar-refractivity contribution in [2.24, 2.45) is 0 Å². The van der Waals surface area contributed by atoms with Gasteiger partial charge in [-0.2, -0.15) is 0 Å². The van der Waals surface area contributed by atoms with Gasteiger partial charge in [0.2, 0.25) is 0 Å². The smallest absolute Gasteiger partial charge is 0.270 e. The number of nitrogens with zero attached hydrogens (tertiary/aromatic N) is 1. The number of nitrogens with one attached hydrogen (secondary N) is 1. The summed E-state index contributed by atoms with van der Waals surface area (Å²) in [4.78, 5) is 10.3. The number of hydrogen-bond donors (Lipinski definition) is 1. The lowest BCUT2D eigenvalue weighted by Gasteiger charge is -2.25. The molecule has 0 aliphatic heterocycles. The molecule has 1 aromatic carbocycles. The summed E-state index contributed by atoms with van der Waals surface area (Å²) >= 11 is 6.19. The Morgan fingerprint density at radius 3 is 2.58 bits per heavy atom. The molecular formula is C14H21ClN2O2. The minimum Gasteiger partial charge on any atom is -0.314 e. The van der Waals surface area contributed by atoms with Crippen molar-refractivity contribution in [3.05, 3.63) is 38.9 Å². The van der Waals surface area contributed by atoms with E-state index in [9.17, 15) is 10.1 Å². The molecule has 4 nitrogen and oxygen atoms in total. The Kier molecular flexibility index (Phi) is 6.25. The van der Waals surface area contributed by atoms with Crippen molar-refractivity contribution in [1.29, 1.82) is 0 Å². The first kappa shape index (κ1) is 15.9. The summed E-state index contributed by atoms with van der Waals surface area (Å²) in [7, 11) is 0. The van der Waals surface area contributed by atoms with E-state index in [1.807, 2.05) is 0 Å². The first-order valence-electron chi connectivity index (χ1n) is 6.68. The summed E-state index contributed by atoms with van der Waals surface area (Å²) in [6.07, 6.45) is 2.02. The number of hydrogen-bond acceptors (Lipinski definition) is 3. The second kappa shape index (κ2) is 7.46. The molecule has 2 atom stereocenters. The maximum Gasteiger partial charge on any atom is 0.270 e. The Hall–Kier alpha value is -1.13. The molecule has 0 bridgehead atoms. The van der Waals surface area contributed by atoms with Crippen LogP contribution in [0.2, 0.25) is 5.02 Å². The topological polar surface area (TPSA) is 55.2 Å². The van der Waals surface area contributed by atoms with E-state index in [-0.39, 0.29) is 11.6 Å². The molecule has 0 saturated carbocycles. The van der Waals surface area contributed by atoms with Crippen LogP contribution in [0.3, 0.4) is 0 Å². The lowest BCUT2D eigenvalue weighted by molar-refractivity contribution is -0.384. The molecule has 0 spiro atoms. The molecule has 2 unspecified atom stereocenters. The van der Waals surface area contributed by atoms with E-state index in [1.165, 1.54) is 12.1 Å². The van der Waals surface area contributed by atoms with E-state index in [4.69, 9.17) is 11.6 Å². The third-order valence-corrected chi connectivity index (χ3v) is 3.68. The van der Waals surface area contributed by atoms with Crippen LogP contribution in [-0.2, 0) is 0 Å². The van der Waals surface area contributed by atoms with Gasteiger partial charge in [0.15, 0.2) is 0 Å². The average Bonchev–Trinajstić information content (AvgIpc) is 2.38. The van der Waals surface area contributed by atoms with Gasteiger partial charge in [0.25, 0.3) is 5.69 Å². The van der Waals surface area contributed by atoms with Gasteiger partial charge >= 0.3 is 0 Å². The first-order valence-corrected chi connectivity index (χ1v) is 7.06. The molecular weight excluding hydrogens is 264 g/mol. The van der Waals surface area contributed by atoms with E-state index in [1.54, 1.807) is 6.07 Å². The van der Waals surface area contributed by atoms with Gasteiger partial charge in [0.1, 0.15) is 0 Å². The molecule has 1 aromatic rings. The number of nitro benzene ring substituents is 1. The molecule has 106 valence electrons. The van der Waals surface area contributed by atoms with Crippen LogP contribution >= 0.6 is 11.6 Å². The lowest BCUT2D eigenvalue weighted by Crippen LogP contribution is -2.32. The van der Waals surface area contributed by atoms with Gasteiger partial charge in [-0.1, -0.05) is 31.5 Å². The fourth-order valence-electron chi connectivity index (χ4n) is 2.29. The molecule has 5 heteroatoms. The summed E-state index contributed by atoms with van der Waals surface area (Å²) < 4.78 is 0. The Morgan fingerprint density at radius 2 is 2.11 bits per heavy atom. The molecule has 1 N–H and O–H groups in total.